The lowest BCUT2D eigenvalue weighted by Gasteiger charge is -2.45. The van der Waals surface area contributed by atoms with E-state index in [-0.39, 0.29) is 0 Å². The highest BCUT2D eigenvalue weighted by Gasteiger charge is 2.52. The Morgan fingerprint density at radius 1 is 0.300 bits per heavy atom. The van der Waals surface area contributed by atoms with Gasteiger partial charge in [-0.25, -0.2) is 0 Å². The van der Waals surface area contributed by atoms with Gasteiger partial charge in [0.25, 0.3) is 0 Å². The van der Waals surface area contributed by atoms with Gasteiger partial charge in [0.1, 0.15) is 0 Å². The van der Waals surface area contributed by atoms with E-state index in [0.717, 1.165) is 39.6 Å². The fourth-order valence-corrected chi connectivity index (χ4v) is 11.9. The largest absolute Gasteiger partial charge is 0.310 e. The second-order valence-electron chi connectivity index (χ2n) is 18.4. The molecule has 14 rings (SSSR count). The smallest absolute Gasteiger partial charge is 0.0755 e. The third kappa shape index (κ3) is 5.88. The molecule has 3 heteroatoms. The van der Waals surface area contributed by atoms with Crippen LogP contribution < -0.4 is 9.80 Å². The van der Waals surface area contributed by atoms with Crippen LogP contribution in [0.25, 0.3) is 60.9 Å². The minimum absolute atomic E-state index is 0.598. The topological polar surface area (TPSA) is 11.4 Å². The number of hydrogen-bond donors (Lipinski definition) is 0. The van der Waals surface area contributed by atoms with Gasteiger partial charge in [0.05, 0.1) is 39.2 Å². The summed E-state index contributed by atoms with van der Waals surface area (Å²) in [5, 5.41) is 2.50. The van der Waals surface area contributed by atoms with Crippen molar-refractivity contribution in [3.8, 4) is 39.1 Å². The van der Waals surface area contributed by atoms with Gasteiger partial charge in [-0.15, -0.1) is 0 Å². The van der Waals surface area contributed by atoms with E-state index in [0.29, 0.717) is 0 Å². The second kappa shape index (κ2) is 16.0. The molecule has 1 spiro atoms. The molecule has 328 valence electrons. The molecule has 1 aliphatic heterocycles. The summed E-state index contributed by atoms with van der Waals surface area (Å²) >= 11 is 0. The van der Waals surface area contributed by atoms with Gasteiger partial charge >= 0.3 is 0 Å². The maximum Gasteiger partial charge on any atom is 0.0755 e. The van der Waals surface area contributed by atoms with Crippen molar-refractivity contribution in [1.82, 2.24) is 4.57 Å². The van der Waals surface area contributed by atoms with E-state index in [1.54, 1.807) is 0 Å². The Labute approximate surface area is 408 Å². The Morgan fingerprint density at radius 2 is 0.786 bits per heavy atom. The minimum atomic E-state index is -0.598. The second-order valence-corrected chi connectivity index (χ2v) is 18.4. The summed E-state index contributed by atoms with van der Waals surface area (Å²) < 4.78 is 2.40. The fourth-order valence-electron chi connectivity index (χ4n) is 11.9. The quantitative estimate of drug-likeness (QED) is 0.158. The van der Waals surface area contributed by atoms with E-state index >= 15 is 0 Å². The predicted molar refractivity (Wildman–Crippen MR) is 292 cm³/mol. The van der Waals surface area contributed by atoms with Gasteiger partial charge in [-0.3, -0.25) is 0 Å². The Kier molecular flexibility index (Phi) is 9.11. The predicted octanol–water partition coefficient (Wildman–Crippen LogP) is 17.7. The van der Waals surface area contributed by atoms with Gasteiger partial charge in [-0.2, -0.15) is 0 Å². The van der Waals surface area contributed by atoms with Gasteiger partial charge in [0.2, 0.25) is 0 Å². The zero-order chi connectivity index (χ0) is 46.2. The van der Waals surface area contributed by atoms with Crippen LogP contribution in [0, 0.1) is 0 Å². The Bertz CT molecular complexity index is 3840. The molecule has 2 heterocycles. The summed E-state index contributed by atoms with van der Waals surface area (Å²) in [6, 6.07) is 100. The van der Waals surface area contributed by atoms with Crippen LogP contribution in [0.2, 0.25) is 0 Å². The van der Waals surface area contributed by atoms with Crippen molar-refractivity contribution in [3.63, 3.8) is 0 Å². The molecule has 0 amide bonds. The van der Waals surface area contributed by atoms with Crippen LogP contribution in [0.4, 0.5) is 34.1 Å². The number of nitrogens with zero attached hydrogens (tertiary/aromatic N) is 3. The molecular weight excluding hydrogens is 847 g/mol. The average Bonchev–Trinajstić information content (AvgIpc) is 3.93. The van der Waals surface area contributed by atoms with E-state index in [2.05, 4.69) is 287 Å². The van der Waals surface area contributed by atoms with E-state index in [1.807, 2.05) is 0 Å². The maximum atomic E-state index is 2.52. The highest BCUT2D eigenvalue weighted by molar-refractivity contribution is 6.09. The van der Waals surface area contributed by atoms with Crippen molar-refractivity contribution in [3.05, 3.63) is 295 Å². The highest BCUT2D eigenvalue weighted by atomic mass is 15.2. The van der Waals surface area contributed by atoms with Gasteiger partial charge < -0.3 is 14.4 Å². The monoisotopic (exact) mass is 891 g/mol. The first-order chi connectivity index (χ1) is 34.8. The summed E-state index contributed by atoms with van der Waals surface area (Å²) in [6.45, 7) is 0. The van der Waals surface area contributed by atoms with Crippen LogP contribution in [0.3, 0.4) is 0 Å². The molecule has 2 aliphatic rings. The number of fused-ring (bicyclic) bond motifs is 12. The molecule has 0 fully saturated rings. The van der Waals surface area contributed by atoms with E-state index in [9.17, 15) is 0 Å². The van der Waals surface area contributed by atoms with E-state index < -0.39 is 5.41 Å². The number of benzene rings is 11. The molecule has 0 unspecified atom stereocenters. The van der Waals surface area contributed by atoms with Crippen LogP contribution in [-0.2, 0) is 5.41 Å². The Morgan fingerprint density at radius 3 is 1.46 bits per heavy atom. The SMILES string of the molecule is c1ccc(-c2ccc(-c3ccccc3N(c3ccc(-n4c5ccccc5c5ccccc54)cc3)c3cccc4c3-c3ccccc3C43c4ccccc4N(c4ccccc4)c4ccccc43)cc2)cc1. The number of rotatable bonds is 7. The van der Waals surface area contributed by atoms with Gasteiger partial charge in [-0.05, 0) is 117 Å². The maximum absolute atomic E-state index is 2.52. The van der Waals surface area contributed by atoms with E-state index in [4.69, 9.17) is 0 Å². The van der Waals surface area contributed by atoms with Gasteiger partial charge in [-0.1, -0.05) is 200 Å². The first-order valence-corrected chi connectivity index (χ1v) is 24.2. The third-order valence-electron chi connectivity index (χ3n) is 14.8. The van der Waals surface area contributed by atoms with Gasteiger partial charge in [0.15, 0.2) is 0 Å². The average molecular weight is 892 g/mol. The van der Waals surface area contributed by atoms with Crippen molar-refractivity contribution in [1.29, 1.82) is 0 Å². The van der Waals surface area contributed by atoms with Crippen molar-refractivity contribution < 1.29 is 0 Å². The zero-order valence-corrected chi connectivity index (χ0v) is 38.3. The standard InChI is InChI=1S/C67H45N3/c1-3-20-46(21-4-1)47-38-40-48(41-39-47)52-24-8-14-32-60(52)69(51-44-42-50(43-45-51)68-61-33-15-9-25-53(61)54-26-10-16-34-62(54)68)65-37-19-31-59-66(65)55-27-7-11-28-56(55)67(59)57-29-12-17-35-63(57)70(49-22-5-2-6-23-49)64-36-18-13-30-58(64)67/h1-45H. The lowest BCUT2D eigenvalue weighted by molar-refractivity contribution is 0.752. The molecule has 1 aromatic heterocycles. The zero-order valence-electron chi connectivity index (χ0n) is 38.3. The Hall–Kier alpha value is -9.18. The molecule has 12 aromatic rings. The fraction of sp³-hybridized carbons (Fsp3) is 0.0149. The van der Waals surface area contributed by atoms with Crippen molar-refractivity contribution in [2.24, 2.45) is 0 Å². The molecule has 1 aliphatic carbocycles. The molecule has 0 radical (unpaired) electrons. The van der Waals surface area contributed by atoms with Crippen LogP contribution in [0.5, 0.6) is 0 Å². The van der Waals surface area contributed by atoms with E-state index in [1.165, 1.54) is 77.7 Å². The number of hydrogen-bond acceptors (Lipinski definition) is 2. The highest BCUT2D eigenvalue weighted by Crippen LogP contribution is 2.65. The number of para-hydroxylation sites is 6. The summed E-state index contributed by atoms with van der Waals surface area (Å²) in [5.74, 6) is 0. The summed E-state index contributed by atoms with van der Waals surface area (Å²) in [6.07, 6.45) is 0. The number of aromatic nitrogens is 1. The first kappa shape index (κ1) is 39.9. The third-order valence-corrected chi connectivity index (χ3v) is 14.8. The summed E-state index contributed by atoms with van der Waals surface area (Å²) in [4.78, 5) is 4.96. The van der Waals surface area contributed by atoms with Crippen LogP contribution >= 0.6 is 0 Å². The molecule has 3 nitrogen and oxygen atoms in total. The first-order valence-electron chi connectivity index (χ1n) is 24.2. The van der Waals surface area contributed by atoms with Crippen LogP contribution in [0.1, 0.15) is 22.3 Å². The molecule has 0 N–H and O–H groups in total. The Balaban J connectivity index is 1.02. The molecule has 0 saturated carbocycles. The van der Waals surface area contributed by atoms with Crippen LogP contribution in [-0.4, -0.2) is 4.57 Å². The van der Waals surface area contributed by atoms with Crippen molar-refractivity contribution in [2.45, 2.75) is 5.41 Å². The molecule has 0 bridgehead atoms. The lowest BCUT2D eigenvalue weighted by Crippen LogP contribution is -2.36. The van der Waals surface area contributed by atoms with Crippen molar-refractivity contribution in [2.75, 3.05) is 9.80 Å². The van der Waals surface area contributed by atoms with Gasteiger partial charge in [0, 0.05) is 39.0 Å². The number of anilines is 6. The van der Waals surface area contributed by atoms with Crippen LogP contribution in [0.15, 0.2) is 273 Å². The molecule has 11 aromatic carbocycles. The summed E-state index contributed by atoms with van der Waals surface area (Å²) in [7, 11) is 0. The summed E-state index contributed by atoms with van der Waals surface area (Å²) in [5.41, 5.74) is 22.0. The lowest BCUT2D eigenvalue weighted by atomic mass is 9.64. The minimum Gasteiger partial charge on any atom is -0.310 e. The molecule has 0 atom stereocenters. The molecule has 0 saturated heterocycles. The normalized spacial score (nSPS) is 12.9. The van der Waals surface area contributed by atoms with Crippen molar-refractivity contribution >= 4 is 55.9 Å². The molecular formula is C67H45N3. The molecule has 70 heavy (non-hydrogen) atoms.